The summed E-state index contributed by atoms with van der Waals surface area (Å²) in [5, 5.41) is 2.14. The van der Waals surface area contributed by atoms with E-state index in [0.29, 0.717) is 11.4 Å². The Morgan fingerprint density at radius 1 is 1.53 bits per heavy atom. The Bertz CT molecular complexity index is 381. The Kier molecular flexibility index (Phi) is 2.93. The van der Waals surface area contributed by atoms with Crippen LogP contribution in [0.5, 0.6) is 0 Å². The second-order valence-electron chi connectivity index (χ2n) is 3.62. The van der Waals surface area contributed by atoms with Crippen molar-refractivity contribution >= 4 is 23.2 Å². The average molecular weight is 225 g/mol. The van der Waals surface area contributed by atoms with E-state index in [2.05, 4.69) is 12.3 Å². The fourth-order valence-electron chi connectivity index (χ4n) is 1.67. The molecule has 2 rings (SSSR count). The summed E-state index contributed by atoms with van der Waals surface area (Å²) in [5.41, 5.74) is 3.88. The maximum absolute atomic E-state index is 11.7. The fourth-order valence-corrected chi connectivity index (χ4v) is 1.90. The molecule has 1 atom stereocenters. The van der Waals surface area contributed by atoms with Gasteiger partial charge in [-0.15, -0.1) is 0 Å². The number of carbonyl (C=O) groups excluding carboxylic acids is 1. The molecule has 1 aromatic rings. The zero-order valence-electron chi connectivity index (χ0n) is 8.53. The van der Waals surface area contributed by atoms with Gasteiger partial charge in [0, 0.05) is 12.5 Å². The Hall–Kier alpha value is -1.06. The second kappa shape index (κ2) is 4.21. The Morgan fingerprint density at radius 2 is 2.27 bits per heavy atom. The lowest BCUT2D eigenvalue weighted by Gasteiger charge is -2.18. The number of anilines is 1. The van der Waals surface area contributed by atoms with E-state index in [9.17, 15) is 4.79 Å². The number of hydrazine groups is 1. The van der Waals surface area contributed by atoms with Gasteiger partial charge in [-0.1, -0.05) is 30.7 Å². The number of rotatable bonds is 2. The van der Waals surface area contributed by atoms with E-state index in [-0.39, 0.29) is 11.9 Å². The van der Waals surface area contributed by atoms with Crippen LogP contribution in [0.4, 0.5) is 5.69 Å². The predicted molar refractivity (Wildman–Crippen MR) is 60.8 cm³/mol. The van der Waals surface area contributed by atoms with Crippen LogP contribution in [-0.2, 0) is 4.79 Å². The normalized spacial score (nSPS) is 21.1. The summed E-state index contributed by atoms with van der Waals surface area (Å²) >= 11 is 6.03. The molecule has 0 aromatic heterocycles. The van der Waals surface area contributed by atoms with Gasteiger partial charge in [0.1, 0.15) is 0 Å². The van der Waals surface area contributed by atoms with Crippen LogP contribution < -0.4 is 10.4 Å². The van der Waals surface area contributed by atoms with E-state index >= 15 is 0 Å². The first-order valence-electron chi connectivity index (χ1n) is 5.06. The summed E-state index contributed by atoms with van der Waals surface area (Å²) in [6.07, 6.45) is 1.48. The lowest BCUT2D eigenvalue weighted by Crippen LogP contribution is -2.37. The van der Waals surface area contributed by atoms with Crippen molar-refractivity contribution in [1.82, 2.24) is 5.43 Å². The summed E-state index contributed by atoms with van der Waals surface area (Å²) < 4.78 is 0. The molecular weight excluding hydrogens is 212 g/mol. The van der Waals surface area contributed by atoms with E-state index in [1.54, 1.807) is 11.1 Å². The molecule has 1 aromatic carbocycles. The number of benzene rings is 1. The fraction of sp³-hybridized carbons (Fsp3) is 0.364. The molecule has 3 nitrogen and oxygen atoms in total. The number of carbonyl (C=O) groups is 1. The third kappa shape index (κ3) is 1.98. The van der Waals surface area contributed by atoms with Gasteiger partial charge in [0.05, 0.1) is 10.7 Å². The molecule has 0 spiro atoms. The summed E-state index contributed by atoms with van der Waals surface area (Å²) in [4.78, 5) is 11.7. The maximum atomic E-state index is 11.7. The highest BCUT2D eigenvalue weighted by molar-refractivity contribution is 6.33. The van der Waals surface area contributed by atoms with Crippen LogP contribution in [0.25, 0.3) is 0 Å². The topological polar surface area (TPSA) is 32.3 Å². The molecule has 1 heterocycles. The molecule has 80 valence electrons. The van der Waals surface area contributed by atoms with Gasteiger partial charge in [0.2, 0.25) is 5.91 Å². The van der Waals surface area contributed by atoms with E-state index in [0.717, 1.165) is 12.1 Å². The Labute approximate surface area is 94.0 Å². The van der Waals surface area contributed by atoms with Gasteiger partial charge in [-0.25, -0.2) is 10.4 Å². The molecule has 1 aliphatic heterocycles. The van der Waals surface area contributed by atoms with E-state index in [4.69, 9.17) is 11.6 Å². The third-order valence-corrected chi connectivity index (χ3v) is 2.89. The summed E-state index contributed by atoms with van der Waals surface area (Å²) in [6, 6.07) is 7.57. The Morgan fingerprint density at radius 3 is 2.87 bits per heavy atom. The van der Waals surface area contributed by atoms with Gasteiger partial charge in [-0.05, 0) is 18.6 Å². The zero-order chi connectivity index (χ0) is 10.8. The molecule has 0 radical (unpaired) electrons. The van der Waals surface area contributed by atoms with Crippen LogP contribution >= 0.6 is 11.6 Å². The largest absolute Gasteiger partial charge is 0.273 e. The number of hydrogen-bond donors (Lipinski definition) is 1. The van der Waals surface area contributed by atoms with Crippen molar-refractivity contribution in [1.29, 1.82) is 0 Å². The molecule has 4 heteroatoms. The molecule has 15 heavy (non-hydrogen) atoms. The van der Waals surface area contributed by atoms with E-state index in [1.807, 2.05) is 18.2 Å². The molecule has 0 aliphatic carbocycles. The van der Waals surface area contributed by atoms with Crippen molar-refractivity contribution in [2.75, 3.05) is 5.01 Å². The van der Waals surface area contributed by atoms with Crippen molar-refractivity contribution in [3.63, 3.8) is 0 Å². The van der Waals surface area contributed by atoms with Gasteiger partial charge < -0.3 is 0 Å². The first kappa shape index (κ1) is 10.5. The minimum Gasteiger partial charge on any atom is -0.273 e. The molecule has 1 aliphatic rings. The quantitative estimate of drug-likeness (QED) is 0.837. The smallest absolute Gasteiger partial charge is 0.243 e. The molecule has 1 N–H and O–H groups in total. The lowest BCUT2D eigenvalue weighted by molar-refractivity contribution is -0.117. The number of para-hydroxylation sites is 1. The lowest BCUT2D eigenvalue weighted by atomic mass is 10.2. The van der Waals surface area contributed by atoms with Crippen molar-refractivity contribution in [3.05, 3.63) is 29.3 Å². The summed E-state index contributed by atoms with van der Waals surface area (Å²) in [6.45, 7) is 2.06. The average Bonchev–Trinajstić information content (AvgIpc) is 2.60. The van der Waals surface area contributed by atoms with Gasteiger partial charge in [-0.3, -0.25) is 4.79 Å². The minimum absolute atomic E-state index is 0.0787. The molecular formula is C11H13ClN2O. The van der Waals surface area contributed by atoms with Crippen LogP contribution in [-0.4, -0.2) is 11.9 Å². The van der Waals surface area contributed by atoms with Crippen molar-refractivity contribution < 1.29 is 4.79 Å². The van der Waals surface area contributed by atoms with Gasteiger partial charge in [-0.2, -0.15) is 0 Å². The molecule has 1 fully saturated rings. The van der Waals surface area contributed by atoms with Crippen LogP contribution in [0.2, 0.25) is 5.02 Å². The minimum atomic E-state index is 0.0787. The number of halogens is 1. The monoisotopic (exact) mass is 224 g/mol. The number of nitrogens with zero attached hydrogens (tertiary/aromatic N) is 1. The van der Waals surface area contributed by atoms with Crippen LogP contribution in [0, 0.1) is 0 Å². The van der Waals surface area contributed by atoms with Gasteiger partial charge >= 0.3 is 0 Å². The number of nitrogens with one attached hydrogen (secondary N) is 1. The van der Waals surface area contributed by atoms with Gasteiger partial charge in [0.15, 0.2) is 0 Å². The summed E-state index contributed by atoms with van der Waals surface area (Å²) in [7, 11) is 0. The SMILES string of the molecule is CCC1CC(=O)N(c2ccccc2Cl)N1. The first-order chi connectivity index (χ1) is 7.22. The highest BCUT2D eigenvalue weighted by atomic mass is 35.5. The maximum Gasteiger partial charge on any atom is 0.243 e. The third-order valence-electron chi connectivity index (χ3n) is 2.57. The molecule has 0 saturated carbocycles. The molecule has 1 saturated heterocycles. The zero-order valence-corrected chi connectivity index (χ0v) is 9.29. The predicted octanol–water partition coefficient (Wildman–Crippen LogP) is 2.36. The standard InChI is InChI=1S/C11H13ClN2O/c1-2-8-7-11(15)14(13-8)10-6-4-3-5-9(10)12/h3-6,8,13H,2,7H2,1H3. The molecule has 0 bridgehead atoms. The van der Waals surface area contributed by atoms with Crippen LogP contribution in [0.3, 0.4) is 0 Å². The van der Waals surface area contributed by atoms with E-state index < -0.39 is 0 Å². The highest BCUT2D eigenvalue weighted by Gasteiger charge is 2.29. The number of amides is 1. The summed E-state index contributed by atoms with van der Waals surface area (Å²) in [5.74, 6) is 0.0787. The van der Waals surface area contributed by atoms with Gasteiger partial charge in [0.25, 0.3) is 0 Å². The molecule has 1 unspecified atom stereocenters. The van der Waals surface area contributed by atoms with Crippen molar-refractivity contribution in [3.8, 4) is 0 Å². The highest BCUT2D eigenvalue weighted by Crippen LogP contribution is 2.27. The first-order valence-corrected chi connectivity index (χ1v) is 5.44. The van der Waals surface area contributed by atoms with E-state index in [1.165, 1.54) is 0 Å². The second-order valence-corrected chi connectivity index (χ2v) is 4.03. The molecule has 1 amide bonds. The Balaban J connectivity index is 2.25. The van der Waals surface area contributed by atoms with Crippen LogP contribution in [0.15, 0.2) is 24.3 Å². The van der Waals surface area contributed by atoms with Crippen LogP contribution in [0.1, 0.15) is 19.8 Å². The van der Waals surface area contributed by atoms with Crippen molar-refractivity contribution in [2.24, 2.45) is 0 Å². The number of hydrogen-bond acceptors (Lipinski definition) is 2. The van der Waals surface area contributed by atoms with Crippen molar-refractivity contribution in [2.45, 2.75) is 25.8 Å².